The number of benzene rings is 2. The topological polar surface area (TPSA) is 110 Å². The van der Waals surface area contributed by atoms with E-state index in [0.29, 0.717) is 34.6 Å². The zero-order chi connectivity index (χ0) is 32.7. The molecule has 4 aliphatic rings. The fraction of sp³-hybridized carbons (Fsp3) is 0.528. The van der Waals surface area contributed by atoms with Crippen LogP contribution in [-0.2, 0) is 14.3 Å². The summed E-state index contributed by atoms with van der Waals surface area (Å²) in [5.41, 5.74) is 0.886. The summed E-state index contributed by atoms with van der Waals surface area (Å²) < 4.78 is 18.6. The van der Waals surface area contributed by atoms with Crippen molar-refractivity contribution >= 4 is 51.6 Å². The standard InChI is InChI=1S/C36H46IN3O5/c1-20(2)26-18-25(37)11-12-28(26)39-29(32-30(43-6)9-8-10-31(32)44-7)19-27(38)33(41)40-36(34(42)45-35(3,4)5)23-14-21-13-22(16-23)17-24(36)15-21/h8-12,18-24,38-39H,13-17H2,1-7H3,(H,40,41)/b29-19-,38-27?. The molecule has 0 aliphatic heterocycles. The summed E-state index contributed by atoms with van der Waals surface area (Å²) in [4.78, 5) is 28.1. The maximum Gasteiger partial charge on any atom is 0.332 e. The van der Waals surface area contributed by atoms with Crippen molar-refractivity contribution in [1.82, 2.24) is 5.32 Å². The van der Waals surface area contributed by atoms with Crippen LogP contribution in [0.15, 0.2) is 42.5 Å². The highest BCUT2D eigenvalue weighted by Crippen LogP contribution is 2.59. The van der Waals surface area contributed by atoms with E-state index < -0.39 is 17.0 Å². The van der Waals surface area contributed by atoms with Gasteiger partial charge in [0.2, 0.25) is 0 Å². The number of hydrogen-bond acceptors (Lipinski definition) is 7. The largest absolute Gasteiger partial charge is 0.496 e. The first-order chi connectivity index (χ1) is 21.2. The number of hydrogen-bond donors (Lipinski definition) is 3. The average Bonchev–Trinajstić information content (AvgIpc) is 2.97. The molecule has 0 atom stereocenters. The predicted octanol–water partition coefficient (Wildman–Crippen LogP) is 7.56. The lowest BCUT2D eigenvalue weighted by molar-refractivity contribution is -0.183. The van der Waals surface area contributed by atoms with Gasteiger partial charge in [0.1, 0.15) is 28.4 Å². The first-order valence-electron chi connectivity index (χ1n) is 15.9. The number of carbonyl (C=O) groups excluding carboxylic acids is 2. The summed E-state index contributed by atoms with van der Waals surface area (Å²) in [5.74, 6) is 1.46. The molecule has 4 bridgehead atoms. The number of esters is 1. The van der Waals surface area contributed by atoms with E-state index in [9.17, 15) is 9.59 Å². The minimum atomic E-state index is -1.14. The van der Waals surface area contributed by atoms with E-state index >= 15 is 0 Å². The summed E-state index contributed by atoms with van der Waals surface area (Å²) in [7, 11) is 3.16. The van der Waals surface area contributed by atoms with Gasteiger partial charge in [0, 0.05) is 9.26 Å². The molecule has 3 N–H and O–H groups in total. The highest BCUT2D eigenvalue weighted by Gasteiger charge is 2.63. The molecular formula is C36H46IN3O5. The second-order valence-corrected chi connectivity index (χ2v) is 15.4. The third kappa shape index (κ3) is 6.74. The van der Waals surface area contributed by atoms with Gasteiger partial charge in [0.25, 0.3) is 5.91 Å². The minimum Gasteiger partial charge on any atom is -0.496 e. The molecule has 4 saturated carbocycles. The lowest BCUT2D eigenvalue weighted by atomic mass is 9.48. The Labute approximate surface area is 280 Å². The van der Waals surface area contributed by atoms with Gasteiger partial charge in [-0.1, -0.05) is 19.9 Å². The Hall–Kier alpha value is -3.08. The van der Waals surface area contributed by atoms with Gasteiger partial charge in [-0.15, -0.1) is 0 Å². The van der Waals surface area contributed by atoms with E-state index in [-0.39, 0.29) is 29.4 Å². The van der Waals surface area contributed by atoms with Gasteiger partial charge in [-0.05, 0) is 147 Å². The van der Waals surface area contributed by atoms with E-state index in [0.717, 1.165) is 40.5 Å². The van der Waals surface area contributed by atoms with Crippen LogP contribution in [0.1, 0.15) is 83.8 Å². The predicted molar refractivity (Wildman–Crippen MR) is 186 cm³/mol. The molecule has 1 amide bonds. The van der Waals surface area contributed by atoms with Crippen LogP contribution in [0.5, 0.6) is 11.5 Å². The van der Waals surface area contributed by atoms with Crippen LogP contribution in [0, 0.1) is 32.7 Å². The maximum absolute atomic E-state index is 14.1. The number of nitrogens with one attached hydrogen (secondary N) is 3. The molecular weight excluding hydrogens is 681 g/mol. The Kier molecular flexibility index (Phi) is 9.59. The van der Waals surface area contributed by atoms with Gasteiger partial charge in [-0.25, -0.2) is 4.79 Å². The minimum absolute atomic E-state index is 0.00312. The molecule has 0 aromatic heterocycles. The summed E-state index contributed by atoms with van der Waals surface area (Å²) in [6, 6.07) is 11.6. The molecule has 9 heteroatoms. The molecule has 0 heterocycles. The van der Waals surface area contributed by atoms with Crippen LogP contribution in [0.4, 0.5) is 5.69 Å². The highest BCUT2D eigenvalue weighted by molar-refractivity contribution is 14.1. The summed E-state index contributed by atoms with van der Waals surface area (Å²) in [6.45, 7) is 9.82. The summed E-state index contributed by atoms with van der Waals surface area (Å²) >= 11 is 2.30. The number of anilines is 1. The van der Waals surface area contributed by atoms with Gasteiger partial charge in [-0.2, -0.15) is 0 Å². The Morgan fingerprint density at radius 3 is 2.07 bits per heavy atom. The molecule has 8 nitrogen and oxygen atoms in total. The molecule has 4 aliphatic carbocycles. The third-order valence-electron chi connectivity index (χ3n) is 9.62. The Morgan fingerprint density at radius 2 is 1.56 bits per heavy atom. The van der Waals surface area contributed by atoms with E-state index in [1.54, 1.807) is 14.2 Å². The zero-order valence-electron chi connectivity index (χ0n) is 27.4. The van der Waals surface area contributed by atoms with Crippen molar-refractivity contribution in [3.63, 3.8) is 0 Å². The first-order valence-corrected chi connectivity index (χ1v) is 17.0. The van der Waals surface area contributed by atoms with Crippen LogP contribution in [-0.4, -0.2) is 42.9 Å². The molecule has 2 aromatic rings. The van der Waals surface area contributed by atoms with Crippen molar-refractivity contribution in [3.8, 4) is 11.5 Å². The van der Waals surface area contributed by atoms with Crippen molar-refractivity contribution in [2.75, 3.05) is 19.5 Å². The number of halogens is 1. The maximum atomic E-state index is 14.1. The summed E-state index contributed by atoms with van der Waals surface area (Å²) in [5, 5.41) is 15.7. The molecule has 45 heavy (non-hydrogen) atoms. The Balaban J connectivity index is 1.55. The smallest absolute Gasteiger partial charge is 0.332 e. The zero-order valence-corrected chi connectivity index (χ0v) is 29.5. The fourth-order valence-electron chi connectivity index (χ4n) is 7.90. The van der Waals surface area contributed by atoms with Gasteiger partial charge in [0.15, 0.2) is 0 Å². The number of methoxy groups -OCH3 is 2. The number of carbonyl (C=O) groups is 2. The highest BCUT2D eigenvalue weighted by atomic mass is 127. The average molecular weight is 728 g/mol. The van der Waals surface area contributed by atoms with E-state index in [4.69, 9.17) is 19.6 Å². The van der Waals surface area contributed by atoms with Crippen molar-refractivity contribution in [2.45, 2.75) is 83.8 Å². The molecule has 0 unspecified atom stereocenters. The lowest BCUT2D eigenvalue weighted by Gasteiger charge is -2.59. The van der Waals surface area contributed by atoms with E-state index in [2.05, 4.69) is 53.1 Å². The number of ether oxygens (including phenoxy) is 3. The number of amides is 1. The van der Waals surface area contributed by atoms with Crippen molar-refractivity contribution in [3.05, 3.63) is 57.2 Å². The fourth-order valence-corrected chi connectivity index (χ4v) is 8.42. The van der Waals surface area contributed by atoms with E-state index in [1.807, 2.05) is 51.1 Å². The third-order valence-corrected chi connectivity index (χ3v) is 10.3. The summed E-state index contributed by atoms with van der Waals surface area (Å²) in [6.07, 6.45) is 6.29. The molecule has 4 fully saturated rings. The van der Waals surface area contributed by atoms with E-state index in [1.165, 1.54) is 12.5 Å². The SMILES string of the molecule is COc1cccc(OC)c1/C(=C/C(=N)C(=O)NC1(C(=O)OC(C)(C)C)C2CC3CC(C2)CC1C3)Nc1ccc(I)cc1C(C)C. The molecule has 242 valence electrons. The van der Waals surface area contributed by atoms with Gasteiger partial charge < -0.3 is 24.8 Å². The Morgan fingerprint density at radius 1 is 0.978 bits per heavy atom. The van der Waals surface area contributed by atoms with Crippen LogP contribution < -0.4 is 20.1 Å². The second-order valence-electron chi connectivity index (χ2n) is 14.1. The van der Waals surface area contributed by atoms with Crippen molar-refractivity contribution in [1.29, 1.82) is 5.41 Å². The molecule has 2 aromatic carbocycles. The quantitative estimate of drug-likeness (QED) is 0.133. The molecule has 6 rings (SSSR count). The molecule has 0 saturated heterocycles. The van der Waals surface area contributed by atoms with Gasteiger partial charge >= 0.3 is 5.97 Å². The van der Waals surface area contributed by atoms with Crippen molar-refractivity contribution in [2.24, 2.45) is 23.7 Å². The second kappa shape index (κ2) is 13.0. The van der Waals surface area contributed by atoms with Crippen LogP contribution >= 0.6 is 22.6 Å². The normalized spacial score (nSPS) is 25.6. The van der Waals surface area contributed by atoms with Crippen LogP contribution in [0.3, 0.4) is 0 Å². The Bertz CT molecular complexity index is 1460. The molecule has 0 spiro atoms. The lowest BCUT2D eigenvalue weighted by Crippen LogP contribution is -2.71. The van der Waals surface area contributed by atoms with Crippen molar-refractivity contribution < 1.29 is 23.8 Å². The first kappa shape index (κ1) is 33.3. The molecule has 0 radical (unpaired) electrons. The van der Waals surface area contributed by atoms with Gasteiger partial charge in [-0.3, -0.25) is 10.2 Å². The number of rotatable bonds is 10. The van der Waals surface area contributed by atoms with Crippen LogP contribution in [0.25, 0.3) is 5.70 Å². The van der Waals surface area contributed by atoms with Gasteiger partial charge in [0.05, 0.1) is 25.5 Å². The monoisotopic (exact) mass is 727 g/mol. The van der Waals surface area contributed by atoms with Crippen LogP contribution in [0.2, 0.25) is 0 Å².